The molecule has 0 atom stereocenters. The van der Waals surface area contributed by atoms with Crippen LogP contribution in [0.4, 0.5) is 0 Å². The number of nitrogens with zero attached hydrogens (tertiary/aromatic N) is 5. The molecule has 0 saturated heterocycles. The van der Waals surface area contributed by atoms with Gasteiger partial charge in [-0.2, -0.15) is 8.75 Å². The summed E-state index contributed by atoms with van der Waals surface area (Å²) in [6, 6.07) is 3.62. The van der Waals surface area contributed by atoms with E-state index in [1.54, 1.807) is 10.7 Å². The van der Waals surface area contributed by atoms with Crippen LogP contribution in [-0.2, 0) is 6.42 Å². The fourth-order valence-electron chi connectivity index (χ4n) is 1.65. The van der Waals surface area contributed by atoms with Crippen LogP contribution in [0.3, 0.4) is 0 Å². The molecule has 0 aliphatic carbocycles. The van der Waals surface area contributed by atoms with E-state index < -0.39 is 0 Å². The van der Waals surface area contributed by atoms with Crippen LogP contribution in [-0.4, -0.2) is 29.6 Å². The molecule has 92 valence electrons. The molecule has 3 rings (SSSR count). The third-order valence-corrected chi connectivity index (χ3v) is 3.51. The van der Waals surface area contributed by atoms with Crippen LogP contribution in [0.15, 0.2) is 18.3 Å². The van der Waals surface area contributed by atoms with Crippen LogP contribution < -0.4 is 0 Å². The fraction of sp³-hybridized carbons (Fsp3) is 0.200. The molecule has 0 spiro atoms. The summed E-state index contributed by atoms with van der Waals surface area (Å²) in [6.07, 6.45) is 2.48. The lowest BCUT2D eigenvalue weighted by atomic mass is 10.2. The Hall–Kier alpha value is -1.24. The van der Waals surface area contributed by atoms with Gasteiger partial charge in [-0.05, 0) is 12.1 Å². The third kappa shape index (κ3) is 1.96. The maximum absolute atomic E-state index is 6.20. The predicted molar refractivity (Wildman–Crippen MR) is 71.8 cm³/mol. The SMILES string of the molecule is ClCCc1cn(-c2c(Cl)ccc3nsnc23)nn1. The van der Waals surface area contributed by atoms with Crippen molar-refractivity contribution in [3.05, 3.63) is 29.0 Å². The molecule has 0 unspecified atom stereocenters. The van der Waals surface area contributed by atoms with Gasteiger partial charge in [0.2, 0.25) is 0 Å². The third-order valence-electron chi connectivity index (χ3n) is 2.47. The monoisotopic (exact) mass is 299 g/mol. The number of fused-ring (bicyclic) bond motifs is 1. The number of benzene rings is 1. The maximum atomic E-state index is 6.20. The molecule has 0 saturated carbocycles. The number of aryl methyl sites for hydroxylation is 1. The highest BCUT2D eigenvalue weighted by Gasteiger charge is 2.13. The number of aromatic nitrogens is 5. The van der Waals surface area contributed by atoms with E-state index in [-0.39, 0.29) is 0 Å². The minimum Gasteiger partial charge on any atom is -0.217 e. The average Bonchev–Trinajstić information content (AvgIpc) is 2.98. The van der Waals surface area contributed by atoms with Crippen molar-refractivity contribution in [2.75, 3.05) is 5.88 Å². The van der Waals surface area contributed by atoms with Gasteiger partial charge in [0.1, 0.15) is 16.7 Å². The molecule has 18 heavy (non-hydrogen) atoms. The van der Waals surface area contributed by atoms with E-state index in [4.69, 9.17) is 23.2 Å². The number of hydrogen-bond acceptors (Lipinski definition) is 5. The van der Waals surface area contributed by atoms with Crippen molar-refractivity contribution in [1.29, 1.82) is 0 Å². The first-order valence-corrected chi connectivity index (χ1v) is 6.82. The minimum atomic E-state index is 0.509. The molecule has 0 N–H and O–H groups in total. The first-order chi connectivity index (χ1) is 8.79. The second kappa shape index (κ2) is 4.79. The number of rotatable bonds is 3. The van der Waals surface area contributed by atoms with Crippen LogP contribution in [0.1, 0.15) is 5.69 Å². The Bertz CT molecular complexity index is 692. The Balaban J connectivity index is 2.17. The molecule has 0 aliphatic rings. The van der Waals surface area contributed by atoms with E-state index in [2.05, 4.69) is 19.1 Å². The Morgan fingerprint density at radius 2 is 2.17 bits per heavy atom. The van der Waals surface area contributed by atoms with Gasteiger partial charge in [-0.25, -0.2) is 4.68 Å². The lowest BCUT2D eigenvalue weighted by Crippen LogP contribution is -1.97. The predicted octanol–water partition coefficient (Wildman–Crippen LogP) is 2.71. The van der Waals surface area contributed by atoms with Crippen molar-refractivity contribution in [2.45, 2.75) is 6.42 Å². The van der Waals surface area contributed by atoms with Crippen LogP contribution in [0.2, 0.25) is 5.02 Å². The summed E-state index contributed by atoms with van der Waals surface area (Å²) in [5, 5.41) is 8.66. The van der Waals surface area contributed by atoms with E-state index in [1.807, 2.05) is 12.3 Å². The van der Waals surface area contributed by atoms with E-state index in [1.165, 1.54) is 0 Å². The molecule has 2 aromatic heterocycles. The van der Waals surface area contributed by atoms with Crippen molar-refractivity contribution < 1.29 is 0 Å². The number of alkyl halides is 1. The number of halogens is 2. The highest BCUT2D eigenvalue weighted by molar-refractivity contribution is 7.00. The molecule has 0 amide bonds. The van der Waals surface area contributed by atoms with Crippen molar-refractivity contribution in [1.82, 2.24) is 23.7 Å². The van der Waals surface area contributed by atoms with E-state index >= 15 is 0 Å². The Kier molecular flexibility index (Phi) is 3.15. The van der Waals surface area contributed by atoms with Crippen molar-refractivity contribution >= 4 is 46.0 Å². The smallest absolute Gasteiger partial charge is 0.132 e. The van der Waals surface area contributed by atoms with Gasteiger partial charge in [-0.3, -0.25) is 0 Å². The van der Waals surface area contributed by atoms with Crippen LogP contribution in [0.5, 0.6) is 0 Å². The average molecular weight is 300 g/mol. The molecule has 0 bridgehead atoms. The Morgan fingerprint density at radius 3 is 3.00 bits per heavy atom. The van der Waals surface area contributed by atoms with Crippen molar-refractivity contribution in [3.8, 4) is 5.69 Å². The van der Waals surface area contributed by atoms with Gasteiger partial charge in [-0.1, -0.05) is 16.8 Å². The highest BCUT2D eigenvalue weighted by Crippen LogP contribution is 2.27. The van der Waals surface area contributed by atoms with E-state index in [0.29, 0.717) is 23.0 Å². The summed E-state index contributed by atoms with van der Waals surface area (Å²) < 4.78 is 10.0. The molecule has 1 aromatic carbocycles. The zero-order valence-electron chi connectivity index (χ0n) is 9.05. The summed E-state index contributed by atoms with van der Waals surface area (Å²) in [6.45, 7) is 0. The van der Waals surface area contributed by atoms with Gasteiger partial charge in [0, 0.05) is 12.3 Å². The zero-order chi connectivity index (χ0) is 12.5. The standard InChI is InChI=1S/C10H7Cl2N5S/c11-4-3-6-5-17(16-13-6)10-7(12)1-2-8-9(10)15-18-14-8/h1-2,5H,3-4H2. The first-order valence-electron chi connectivity index (χ1n) is 5.18. The van der Waals surface area contributed by atoms with Crippen molar-refractivity contribution in [3.63, 3.8) is 0 Å². The fourth-order valence-corrected chi connectivity index (χ4v) is 2.62. The second-order valence-corrected chi connectivity index (χ2v) is 4.93. The van der Waals surface area contributed by atoms with Gasteiger partial charge in [0.25, 0.3) is 0 Å². The normalized spacial score (nSPS) is 11.2. The van der Waals surface area contributed by atoms with Crippen molar-refractivity contribution in [2.24, 2.45) is 0 Å². The van der Waals surface area contributed by atoms with Crippen LogP contribution >= 0.6 is 34.9 Å². The molecule has 2 heterocycles. The molecule has 0 fully saturated rings. The molecule has 8 heteroatoms. The summed E-state index contributed by atoms with van der Waals surface area (Å²) in [5.74, 6) is 0.509. The molecule has 3 aromatic rings. The number of hydrogen-bond donors (Lipinski definition) is 0. The molecular formula is C10H7Cl2N5S. The summed E-state index contributed by atoms with van der Waals surface area (Å²) in [5.41, 5.74) is 3.06. The van der Waals surface area contributed by atoms with Gasteiger partial charge in [-0.15, -0.1) is 16.7 Å². The first kappa shape index (κ1) is 11.8. The van der Waals surface area contributed by atoms with Gasteiger partial charge < -0.3 is 0 Å². The molecule has 0 radical (unpaired) electrons. The zero-order valence-corrected chi connectivity index (χ0v) is 11.4. The lowest BCUT2D eigenvalue weighted by molar-refractivity contribution is 0.801. The highest BCUT2D eigenvalue weighted by atomic mass is 35.5. The topological polar surface area (TPSA) is 56.5 Å². The van der Waals surface area contributed by atoms with E-state index in [0.717, 1.165) is 28.5 Å². The summed E-state index contributed by atoms with van der Waals surface area (Å²) in [4.78, 5) is 0. The van der Waals surface area contributed by atoms with E-state index in [9.17, 15) is 0 Å². The van der Waals surface area contributed by atoms with Gasteiger partial charge in [0.15, 0.2) is 0 Å². The summed E-state index contributed by atoms with van der Waals surface area (Å²) >= 11 is 13.0. The molecule has 0 aliphatic heterocycles. The second-order valence-electron chi connectivity index (χ2n) is 3.62. The van der Waals surface area contributed by atoms with Crippen LogP contribution in [0, 0.1) is 0 Å². The van der Waals surface area contributed by atoms with Crippen LogP contribution in [0.25, 0.3) is 16.7 Å². The van der Waals surface area contributed by atoms with Gasteiger partial charge in [0.05, 0.1) is 28.6 Å². The largest absolute Gasteiger partial charge is 0.217 e. The van der Waals surface area contributed by atoms with Gasteiger partial charge >= 0.3 is 0 Å². The minimum absolute atomic E-state index is 0.509. The molecular weight excluding hydrogens is 293 g/mol. The lowest BCUT2D eigenvalue weighted by Gasteiger charge is -2.02. The molecule has 5 nitrogen and oxygen atoms in total. The Morgan fingerprint density at radius 1 is 1.28 bits per heavy atom. The Labute approximate surface area is 117 Å². The maximum Gasteiger partial charge on any atom is 0.132 e. The summed E-state index contributed by atoms with van der Waals surface area (Å²) in [7, 11) is 0. The quantitative estimate of drug-likeness (QED) is 0.698.